The van der Waals surface area contributed by atoms with Gasteiger partial charge in [0, 0.05) is 6.42 Å². The highest BCUT2D eigenvalue weighted by atomic mass is 19.2. The van der Waals surface area contributed by atoms with Crippen molar-refractivity contribution in [3.05, 3.63) is 70.3 Å². The van der Waals surface area contributed by atoms with Crippen molar-refractivity contribution in [3.8, 4) is 0 Å². The molecule has 0 atom stereocenters. The molecule has 0 heterocycles. The second kappa shape index (κ2) is 5.31. The zero-order chi connectivity index (χ0) is 14.0. The molecule has 3 heteroatoms. The van der Waals surface area contributed by atoms with E-state index in [0.29, 0.717) is 0 Å². The molecule has 0 spiro atoms. The Morgan fingerprint density at radius 2 is 1.79 bits per heavy atom. The van der Waals surface area contributed by atoms with Gasteiger partial charge in [-0.05, 0) is 31.0 Å². The molecule has 1 nitrogen and oxygen atoms in total. The minimum Gasteiger partial charge on any atom is -0.294 e. The summed E-state index contributed by atoms with van der Waals surface area (Å²) >= 11 is 0. The standard InChI is InChI=1S/C16H14F2O/c1-10-4-3-5-12(8-10)9-14(19)13-7-6-11(2)15(17)16(13)18/h3-8H,9H2,1-2H3. The van der Waals surface area contributed by atoms with Crippen LogP contribution >= 0.6 is 0 Å². The Labute approximate surface area is 110 Å². The Hall–Kier alpha value is -2.03. The van der Waals surface area contributed by atoms with Gasteiger partial charge in [-0.2, -0.15) is 0 Å². The summed E-state index contributed by atoms with van der Waals surface area (Å²) in [5, 5.41) is 0. The number of hydrogen-bond acceptors (Lipinski definition) is 1. The van der Waals surface area contributed by atoms with Crippen LogP contribution in [-0.2, 0) is 6.42 Å². The summed E-state index contributed by atoms with van der Waals surface area (Å²) in [5.41, 5.74) is 1.83. The Balaban J connectivity index is 2.28. The smallest absolute Gasteiger partial charge is 0.170 e. The lowest BCUT2D eigenvalue weighted by Gasteiger charge is -2.06. The van der Waals surface area contributed by atoms with Gasteiger partial charge in [0.1, 0.15) is 0 Å². The van der Waals surface area contributed by atoms with Crippen LogP contribution in [-0.4, -0.2) is 5.78 Å². The van der Waals surface area contributed by atoms with Crippen LogP contribution in [0.2, 0.25) is 0 Å². The molecule has 2 aromatic rings. The Morgan fingerprint density at radius 3 is 2.47 bits per heavy atom. The van der Waals surface area contributed by atoms with Crippen molar-refractivity contribution in [1.82, 2.24) is 0 Å². The highest BCUT2D eigenvalue weighted by molar-refractivity contribution is 5.97. The maximum absolute atomic E-state index is 13.7. The number of hydrogen-bond donors (Lipinski definition) is 0. The molecule has 2 aromatic carbocycles. The van der Waals surface area contributed by atoms with E-state index in [1.807, 2.05) is 25.1 Å². The molecule has 0 unspecified atom stereocenters. The first kappa shape index (κ1) is 13.4. The van der Waals surface area contributed by atoms with Crippen LogP contribution in [0.5, 0.6) is 0 Å². The third kappa shape index (κ3) is 2.87. The Bertz CT molecular complexity index is 633. The number of halogens is 2. The molecule has 0 saturated carbocycles. The molecule has 0 N–H and O–H groups in total. The van der Waals surface area contributed by atoms with Gasteiger partial charge in [-0.3, -0.25) is 4.79 Å². The van der Waals surface area contributed by atoms with Gasteiger partial charge < -0.3 is 0 Å². The van der Waals surface area contributed by atoms with Crippen LogP contribution in [0.3, 0.4) is 0 Å². The summed E-state index contributed by atoms with van der Waals surface area (Å²) in [6, 6.07) is 10.2. The predicted octanol–water partition coefficient (Wildman–Crippen LogP) is 4.01. The lowest BCUT2D eigenvalue weighted by molar-refractivity contribution is 0.0988. The van der Waals surface area contributed by atoms with E-state index in [4.69, 9.17) is 0 Å². The number of Topliss-reactive ketones (excluding diaryl/α,β-unsaturated/α-hetero) is 1. The van der Waals surface area contributed by atoms with Crippen molar-refractivity contribution >= 4 is 5.78 Å². The first-order valence-electron chi connectivity index (χ1n) is 6.02. The fraction of sp³-hybridized carbons (Fsp3) is 0.188. The van der Waals surface area contributed by atoms with Crippen LogP contribution in [0.4, 0.5) is 8.78 Å². The average molecular weight is 260 g/mol. The van der Waals surface area contributed by atoms with Crippen molar-refractivity contribution < 1.29 is 13.6 Å². The first-order chi connectivity index (χ1) is 8.99. The fourth-order valence-corrected chi connectivity index (χ4v) is 1.96. The van der Waals surface area contributed by atoms with Gasteiger partial charge in [0.25, 0.3) is 0 Å². The largest absolute Gasteiger partial charge is 0.294 e. The molecule has 0 fully saturated rings. The number of rotatable bonds is 3. The number of aryl methyl sites for hydroxylation is 2. The van der Waals surface area contributed by atoms with Crippen molar-refractivity contribution in [2.45, 2.75) is 20.3 Å². The number of carbonyl (C=O) groups excluding carboxylic acids is 1. The minimum atomic E-state index is -1.06. The molecule has 0 saturated heterocycles. The highest BCUT2D eigenvalue weighted by Gasteiger charge is 2.17. The summed E-state index contributed by atoms with van der Waals surface area (Å²) in [7, 11) is 0. The molecular weight excluding hydrogens is 246 g/mol. The number of carbonyl (C=O) groups is 1. The number of ketones is 1. The SMILES string of the molecule is Cc1cccc(CC(=O)c2ccc(C)c(F)c2F)c1. The minimum absolute atomic E-state index is 0.0705. The molecular formula is C16H14F2O. The van der Waals surface area contributed by atoms with Crippen molar-refractivity contribution in [2.24, 2.45) is 0 Å². The van der Waals surface area contributed by atoms with E-state index in [0.717, 1.165) is 11.1 Å². The quantitative estimate of drug-likeness (QED) is 0.762. The van der Waals surface area contributed by atoms with Crippen LogP contribution in [0.1, 0.15) is 27.0 Å². The van der Waals surface area contributed by atoms with Gasteiger partial charge in [-0.25, -0.2) is 8.78 Å². The van der Waals surface area contributed by atoms with E-state index in [9.17, 15) is 13.6 Å². The van der Waals surface area contributed by atoms with Gasteiger partial charge in [0.2, 0.25) is 0 Å². The first-order valence-corrected chi connectivity index (χ1v) is 6.02. The lowest BCUT2D eigenvalue weighted by Crippen LogP contribution is -2.08. The Morgan fingerprint density at radius 1 is 1.05 bits per heavy atom. The van der Waals surface area contributed by atoms with E-state index in [1.54, 1.807) is 6.07 Å². The summed E-state index contributed by atoms with van der Waals surface area (Å²) in [6.45, 7) is 3.38. The van der Waals surface area contributed by atoms with Gasteiger partial charge >= 0.3 is 0 Å². The average Bonchev–Trinajstić information content (AvgIpc) is 2.36. The van der Waals surface area contributed by atoms with E-state index < -0.39 is 17.4 Å². The predicted molar refractivity (Wildman–Crippen MR) is 70.3 cm³/mol. The summed E-state index contributed by atoms with van der Waals surface area (Å²) in [4.78, 5) is 12.0. The van der Waals surface area contributed by atoms with Crippen LogP contribution < -0.4 is 0 Å². The summed E-state index contributed by atoms with van der Waals surface area (Å²) in [5.74, 6) is -2.42. The van der Waals surface area contributed by atoms with Crippen molar-refractivity contribution in [1.29, 1.82) is 0 Å². The third-order valence-electron chi connectivity index (χ3n) is 3.02. The second-order valence-electron chi connectivity index (χ2n) is 4.65. The van der Waals surface area contributed by atoms with Crippen LogP contribution in [0, 0.1) is 25.5 Å². The van der Waals surface area contributed by atoms with Crippen LogP contribution in [0.15, 0.2) is 36.4 Å². The molecule has 0 amide bonds. The molecule has 0 aliphatic heterocycles. The van der Waals surface area contributed by atoms with Gasteiger partial charge in [-0.15, -0.1) is 0 Å². The molecule has 19 heavy (non-hydrogen) atoms. The molecule has 0 aliphatic rings. The molecule has 0 aliphatic carbocycles. The zero-order valence-electron chi connectivity index (χ0n) is 10.8. The maximum atomic E-state index is 13.7. The molecule has 0 bridgehead atoms. The summed E-state index contributed by atoms with van der Waals surface area (Å²) in [6.07, 6.45) is 0.0705. The number of benzene rings is 2. The van der Waals surface area contributed by atoms with Gasteiger partial charge in [0.15, 0.2) is 17.4 Å². The molecule has 0 radical (unpaired) electrons. The van der Waals surface area contributed by atoms with E-state index in [1.165, 1.54) is 19.1 Å². The van der Waals surface area contributed by atoms with E-state index >= 15 is 0 Å². The Kier molecular flexibility index (Phi) is 3.74. The van der Waals surface area contributed by atoms with Crippen LogP contribution in [0.25, 0.3) is 0 Å². The van der Waals surface area contributed by atoms with Gasteiger partial charge in [0.05, 0.1) is 5.56 Å². The molecule has 0 aromatic heterocycles. The monoisotopic (exact) mass is 260 g/mol. The molecule has 98 valence electrons. The molecule has 2 rings (SSSR count). The third-order valence-corrected chi connectivity index (χ3v) is 3.02. The van der Waals surface area contributed by atoms with Crippen molar-refractivity contribution in [3.63, 3.8) is 0 Å². The van der Waals surface area contributed by atoms with Crippen molar-refractivity contribution in [2.75, 3.05) is 0 Å². The maximum Gasteiger partial charge on any atom is 0.170 e. The normalized spacial score (nSPS) is 10.5. The summed E-state index contributed by atoms with van der Waals surface area (Å²) < 4.78 is 27.1. The van der Waals surface area contributed by atoms with E-state index in [-0.39, 0.29) is 17.5 Å². The van der Waals surface area contributed by atoms with Gasteiger partial charge in [-0.1, -0.05) is 35.9 Å². The lowest BCUT2D eigenvalue weighted by atomic mass is 10.00. The highest BCUT2D eigenvalue weighted by Crippen LogP contribution is 2.18. The topological polar surface area (TPSA) is 17.1 Å². The second-order valence-corrected chi connectivity index (χ2v) is 4.65. The zero-order valence-corrected chi connectivity index (χ0v) is 10.8. The fourth-order valence-electron chi connectivity index (χ4n) is 1.96. The van der Waals surface area contributed by atoms with E-state index in [2.05, 4.69) is 0 Å².